The highest BCUT2D eigenvalue weighted by molar-refractivity contribution is 7.90. The largest absolute Gasteiger partial charge is 0.489 e. The Hall–Kier alpha value is -2.42. The van der Waals surface area contributed by atoms with E-state index in [4.69, 9.17) is 10.5 Å². The third-order valence-corrected chi connectivity index (χ3v) is 7.55. The van der Waals surface area contributed by atoms with Gasteiger partial charge in [0.05, 0.1) is 22.4 Å². The first-order valence-electron chi connectivity index (χ1n) is 10.8. The van der Waals surface area contributed by atoms with Crippen LogP contribution in [0.3, 0.4) is 0 Å². The van der Waals surface area contributed by atoms with Gasteiger partial charge in [0.25, 0.3) is 0 Å². The van der Waals surface area contributed by atoms with Gasteiger partial charge in [0.2, 0.25) is 0 Å². The fraction of sp³-hybridized carbons (Fsp3) is 0.375. The zero-order valence-corrected chi connectivity index (χ0v) is 20.2. The van der Waals surface area contributed by atoms with Gasteiger partial charge in [-0.15, -0.1) is 11.3 Å². The van der Waals surface area contributed by atoms with Gasteiger partial charge in [-0.05, 0) is 61.6 Å². The number of thiazole rings is 1. The van der Waals surface area contributed by atoms with Crippen LogP contribution in [0.15, 0.2) is 42.6 Å². The minimum Gasteiger partial charge on any atom is -0.489 e. The molecule has 0 spiro atoms. The van der Waals surface area contributed by atoms with Crippen LogP contribution < -0.4 is 15.8 Å². The molecule has 3 N–H and O–H groups in total. The molecule has 6 nitrogen and oxygen atoms in total. The van der Waals surface area contributed by atoms with Gasteiger partial charge in [0.1, 0.15) is 20.6 Å². The number of aromatic nitrogens is 1. The fourth-order valence-corrected chi connectivity index (χ4v) is 5.54. The second-order valence-electron chi connectivity index (χ2n) is 8.50. The minimum absolute atomic E-state index is 0.0690. The number of nitrogen functional groups attached to an aromatic ring is 1. The number of benzene rings is 2. The van der Waals surface area contributed by atoms with Crippen molar-refractivity contribution >= 4 is 26.9 Å². The number of sulfone groups is 1. The van der Waals surface area contributed by atoms with Crippen LogP contribution in [0, 0.1) is 0 Å². The minimum atomic E-state index is -2.97. The van der Waals surface area contributed by atoms with Crippen molar-refractivity contribution in [2.24, 2.45) is 0 Å². The topological polar surface area (TPSA) is 94.3 Å². The Morgan fingerprint density at radius 1 is 1.28 bits per heavy atom. The SMILES string of the molecule is CC(C)Oc1ccc(-c2ncc(-c3cccc4c3CC[C@@H]4NCCS(C)(=O)=O)s2)cc1N. The molecule has 4 rings (SSSR count). The van der Waals surface area contributed by atoms with Crippen LogP contribution in [0.2, 0.25) is 0 Å². The normalized spacial score (nSPS) is 15.8. The molecule has 32 heavy (non-hydrogen) atoms. The van der Waals surface area contributed by atoms with E-state index in [9.17, 15) is 8.42 Å². The van der Waals surface area contributed by atoms with Crippen molar-refractivity contribution in [3.63, 3.8) is 0 Å². The lowest BCUT2D eigenvalue weighted by atomic mass is 10.0. The maximum atomic E-state index is 11.4. The molecule has 1 aliphatic rings. The van der Waals surface area contributed by atoms with Crippen molar-refractivity contribution in [3.8, 4) is 26.8 Å². The number of fused-ring (bicyclic) bond motifs is 1. The van der Waals surface area contributed by atoms with E-state index in [0.29, 0.717) is 18.0 Å². The molecule has 170 valence electrons. The summed E-state index contributed by atoms with van der Waals surface area (Å²) in [5, 5.41) is 4.33. The quantitative estimate of drug-likeness (QED) is 0.471. The molecular weight excluding hydrogens is 442 g/mol. The average molecular weight is 472 g/mol. The van der Waals surface area contributed by atoms with Crippen LogP contribution >= 0.6 is 11.3 Å². The molecule has 0 radical (unpaired) electrons. The monoisotopic (exact) mass is 471 g/mol. The van der Waals surface area contributed by atoms with Crippen molar-refractivity contribution < 1.29 is 13.2 Å². The maximum Gasteiger partial charge on any atom is 0.148 e. The summed E-state index contributed by atoms with van der Waals surface area (Å²) in [6, 6.07) is 12.3. The highest BCUT2D eigenvalue weighted by atomic mass is 32.2. The summed E-state index contributed by atoms with van der Waals surface area (Å²) in [6.45, 7) is 4.42. The van der Waals surface area contributed by atoms with Gasteiger partial charge < -0.3 is 15.8 Å². The van der Waals surface area contributed by atoms with Crippen molar-refractivity contribution in [2.45, 2.75) is 38.8 Å². The number of hydrogen-bond donors (Lipinski definition) is 2. The zero-order chi connectivity index (χ0) is 22.9. The van der Waals surface area contributed by atoms with Gasteiger partial charge in [-0.3, -0.25) is 0 Å². The van der Waals surface area contributed by atoms with E-state index in [1.54, 1.807) is 11.3 Å². The molecule has 0 bridgehead atoms. The summed E-state index contributed by atoms with van der Waals surface area (Å²) < 4.78 is 28.6. The fourth-order valence-electron chi connectivity index (χ4n) is 4.09. The van der Waals surface area contributed by atoms with E-state index in [2.05, 4.69) is 28.5 Å². The Labute approximate surface area is 193 Å². The second-order valence-corrected chi connectivity index (χ2v) is 11.8. The third kappa shape index (κ3) is 5.14. The number of nitrogens with zero attached hydrogens (tertiary/aromatic N) is 1. The molecule has 0 aliphatic heterocycles. The van der Waals surface area contributed by atoms with E-state index in [1.807, 2.05) is 38.2 Å². The highest BCUT2D eigenvalue weighted by Crippen LogP contribution is 2.41. The van der Waals surface area contributed by atoms with Crippen LogP contribution in [0.25, 0.3) is 21.0 Å². The molecule has 1 aliphatic carbocycles. The lowest BCUT2D eigenvalue weighted by molar-refractivity contribution is 0.244. The zero-order valence-electron chi connectivity index (χ0n) is 18.6. The maximum absolute atomic E-state index is 11.4. The third-order valence-electron chi connectivity index (χ3n) is 5.52. The molecule has 1 heterocycles. The molecular formula is C24H29N3O3S2. The van der Waals surface area contributed by atoms with E-state index < -0.39 is 9.84 Å². The molecule has 0 amide bonds. The van der Waals surface area contributed by atoms with Crippen molar-refractivity contribution in [2.75, 3.05) is 24.3 Å². The predicted octanol–water partition coefficient (Wildman–Crippen LogP) is 4.47. The molecule has 8 heteroatoms. The van der Waals surface area contributed by atoms with Crippen LogP contribution in [0.4, 0.5) is 5.69 Å². The number of nitrogens with one attached hydrogen (secondary N) is 1. The van der Waals surface area contributed by atoms with Crippen molar-refractivity contribution in [1.82, 2.24) is 10.3 Å². The summed E-state index contributed by atoms with van der Waals surface area (Å²) in [5.41, 5.74) is 11.5. The molecule has 3 aromatic rings. The van der Waals surface area contributed by atoms with Crippen LogP contribution in [-0.2, 0) is 16.3 Å². The van der Waals surface area contributed by atoms with Crippen LogP contribution in [0.5, 0.6) is 5.75 Å². The van der Waals surface area contributed by atoms with Gasteiger partial charge in [-0.1, -0.05) is 18.2 Å². The summed E-state index contributed by atoms with van der Waals surface area (Å²) in [7, 11) is -2.97. The Balaban J connectivity index is 1.55. The molecule has 0 unspecified atom stereocenters. The van der Waals surface area contributed by atoms with Gasteiger partial charge in [-0.2, -0.15) is 0 Å². The van der Waals surface area contributed by atoms with E-state index >= 15 is 0 Å². The second kappa shape index (κ2) is 9.21. The van der Waals surface area contributed by atoms with E-state index in [1.165, 1.54) is 22.9 Å². The molecule has 0 fully saturated rings. The molecule has 0 saturated carbocycles. The summed E-state index contributed by atoms with van der Waals surface area (Å²) in [5.74, 6) is 0.844. The predicted molar refractivity (Wildman–Crippen MR) is 132 cm³/mol. The molecule has 1 atom stereocenters. The Bertz CT molecular complexity index is 1220. The van der Waals surface area contributed by atoms with E-state index in [-0.39, 0.29) is 17.9 Å². The standard InChI is InChI=1S/C24H29N3O3S2/c1-15(2)30-22-10-7-16(13-20(22)25)24-27-14-23(31-24)19-6-4-5-18-17(19)8-9-21(18)26-11-12-32(3,28)29/h4-7,10,13-15,21,26H,8-9,11-12,25H2,1-3H3/t21-/m0/s1. The first kappa shape index (κ1) is 22.8. The van der Waals surface area contributed by atoms with E-state index in [0.717, 1.165) is 28.3 Å². The van der Waals surface area contributed by atoms with Gasteiger partial charge in [-0.25, -0.2) is 13.4 Å². The number of hydrogen-bond acceptors (Lipinski definition) is 7. The van der Waals surface area contributed by atoms with Crippen molar-refractivity contribution in [1.29, 1.82) is 0 Å². The van der Waals surface area contributed by atoms with Gasteiger partial charge in [0, 0.05) is 30.6 Å². The first-order chi connectivity index (χ1) is 15.2. The summed E-state index contributed by atoms with van der Waals surface area (Å²) >= 11 is 1.65. The summed E-state index contributed by atoms with van der Waals surface area (Å²) in [4.78, 5) is 5.78. The Morgan fingerprint density at radius 2 is 2.09 bits per heavy atom. The molecule has 1 aromatic heterocycles. The van der Waals surface area contributed by atoms with Gasteiger partial charge in [0.15, 0.2) is 0 Å². The Morgan fingerprint density at radius 3 is 2.81 bits per heavy atom. The van der Waals surface area contributed by atoms with Crippen LogP contribution in [-0.4, -0.2) is 38.1 Å². The van der Waals surface area contributed by atoms with Crippen molar-refractivity contribution in [3.05, 3.63) is 53.7 Å². The number of nitrogens with two attached hydrogens (primary N) is 1. The number of anilines is 1. The van der Waals surface area contributed by atoms with Crippen LogP contribution in [0.1, 0.15) is 37.4 Å². The molecule has 0 saturated heterocycles. The Kier molecular flexibility index (Phi) is 6.55. The smallest absolute Gasteiger partial charge is 0.148 e. The molecule has 2 aromatic carbocycles. The first-order valence-corrected chi connectivity index (χ1v) is 13.6. The number of rotatable bonds is 8. The van der Waals surface area contributed by atoms with Gasteiger partial charge >= 0.3 is 0 Å². The number of ether oxygens (including phenoxy) is 1. The highest BCUT2D eigenvalue weighted by Gasteiger charge is 2.25. The summed E-state index contributed by atoms with van der Waals surface area (Å²) in [6.07, 6.45) is 5.20. The lowest BCUT2D eigenvalue weighted by Crippen LogP contribution is -2.25. The lowest BCUT2D eigenvalue weighted by Gasteiger charge is -2.14. The average Bonchev–Trinajstić information content (AvgIpc) is 3.36.